The van der Waals surface area contributed by atoms with Crippen LogP contribution in [0, 0.1) is 6.08 Å². The van der Waals surface area contributed by atoms with Crippen LogP contribution in [0.5, 0.6) is 0 Å². The van der Waals surface area contributed by atoms with Crippen molar-refractivity contribution in [2.75, 3.05) is 0 Å². The summed E-state index contributed by atoms with van der Waals surface area (Å²) in [5.74, 6) is -2.33. The molecule has 0 heterocycles. The van der Waals surface area contributed by atoms with E-state index in [2.05, 4.69) is 39.5 Å². The Morgan fingerprint density at radius 2 is 1.33 bits per heavy atom. The maximum Gasteiger partial charge on any atom is 0.00784 e. The summed E-state index contributed by atoms with van der Waals surface area (Å²) in [5, 5.41) is 0. The van der Waals surface area contributed by atoms with Crippen molar-refractivity contribution in [3.05, 3.63) is 110 Å². The first-order valence-corrected chi connectivity index (χ1v) is 5.67. The van der Waals surface area contributed by atoms with Gasteiger partial charge < -0.3 is 4.39 Å². The summed E-state index contributed by atoms with van der Waals surface area (Å²) in [5.41, 5.74) is 1.32. The van der Waals surface area contributed by atoms with Gasteiger partial charge in [0.2, 0.25) is 0 Å². The SMILES string of the molecule is C=[C-]/C(F)=C(/F)C(=C)C(=C)/C=C\C(=C)C(=C)/C=C\C=C.[Re]. The third-order valence-electron chi connectivity index (χ3n) is 2.33. The Bertz CT molecular complexity index is 558. The van der Waals surface area contributed by atoms with E-state index >= 15 is 0 Å². The van der Waals surface area contributed by atoms with Gasteiger partial charge in [-0.05, 0) is 22.5 Å². The second-order valence-corrected chi connectivity index (χ2v) is 3.79. The van der Waals surface area contributed by atoms with Gasteiger partial charge in [-0.1, -0.05) is 62.3 Å². The van der Waals surface area contributed by atoms with Crippen LogP contribution in [-0.4, -0.2) is 0 Å². The Labute approximate surface area is 139 Å². The van der Waals surface area contributed by atoms with E-state index in [1.807, 2.05) is 6.08 Å². The molecular formula is C18H17F2Re-. The van der Waals surface area contributed by atoms with Crippen LogP contribution in [0.1, 0.15) is 0 Å². The van der Waals surface area contributed by atoms with Crippen molar-refractivity contribution in [1.82, 2.24) is 0 Å². The van der Waals surface area contributed by atoms with Crippen LogP contribution in [0.25, 0.3) is 0 Å². The Balaban J connectivity index is 0. The summed E-state index contributed by atoms with van der Waals surface area (Å²) in [4.78, 5) is 0. The zero-order chi connectivity index (χ0) is 15.7. The Kier molecular flexibility index (Phi) is 11.2. The molecule has 1 radical (unpaired) electrons. The predicted molar refractivity (Wildman–Crippen MR) is 83.1 cm³/mol. The fourth-order valence-corrected chi connectivity index (χ4v) is 1.05. The van der Waals surface area contributed by atoms with E-state index in [1.54, 1.807) is 24.3 Å². The number of halogens is 2. The van der Waals surface area contributed by atoms with Gasteiger partial charge in [-0.15, -0.1) is 6.58 Å². The molecular weight excluding hydrogens is 440 g/mol. The largest absolute Gasteiger partial charge is 0.317 e. The second-order valence-electron chi connectivity index (χ2n) is 3.79. The predicted octanol–water partition coefficient (Wildman–Crippen LogP) is 5.65. The topological polar surface area (TPSA) is 0 Å². The van der Waals surface area contributed by atoms with Crippen molar-refractivity contribution in [3.8, 4) is 0 Å². The van der Waals surface area contributed by atoms with Gasteiger partial charge in [-0.2, -0.15) is 6.58 Å². The smallest absolute Gasteiger partial charge is 0.00784 e. The Hall–Kier alpha value is -1.82. The average molecular weight is 458 g/mol. The molecule has 111 valence electrons. The molecule has 0 atom stereocenters. The van der Waals surface area contributed by atoms with Gasteiger partial charge in [0.1, 0.15) is 0 Å². The van der Waals surface area contributed by atoms with E-state index in [4.69, 9.17) is 0 Å². The van der Waals surface area contributed by atoms with Crippen LogP contribution in [-0.2, 0) is 20.4 Å². The molecule has 0 nitrogen and oxygen atoms in total. The zero-order valence-electron chi connectivity index (χ0n) is 11.8. The van der Waals surface area contributed by atoms with E-state index in [9.17, 15) is 8.78 Å². The molecule has 21 heavy (non-hydrogen) atoms. The molecule has 0 aromatic carbocycles. The van der Waals surface area contributed by atoms with Crippen LogP contribution in [0.3, 0.4) is 0 Å². The van der Waals surface area contributed by atoms with E-state index in [1.165, 1.54) is 6.08 Å². The Morgan fingerprint density at radius 3 is 1.81 bits per heavy atom. The van der Waals surface area contributed by atoms with Gasteiger partial charge in [0.15, 0.2) is 0 Å². The summed E-state index contributed by atoms with van der Waals surface area (Å²) in [6.07, 6.45) is 9.94. The average Bonchev–Trinajstić information content (AvgIpc) is 2.46. The van der Waals surface area contributed by atoms with Gasteiger partial charge >= 0.3 is 0 Å². The van der Waals surface area contributed by atoms with Crippen LogP contribution in [0.4, 0.5) is 8.78 Å². The number of rotatable bonds is 8. The number of hydrogen-bond acceptors (Lipinski definition) is 0. The maximum absolute atomic E-state index is 13.4. The molecule has 0 unspecified atom stereocenters. The third kappa shape index (κ3) is 7.51. The minimum absolute atomic E-state index is 0. The van der Waals surface area contributed by atoms with Crippen molar-refractivity contribution in [3.63, 3.8) is 0 Å². The van der Waals surface area contributed by atoms with Gasteiger partial charge in [-0.25, -0.2) is 10.5 Å². The minimum Gasteiger partial charge on any atom is -0.317 e. The zero-order valence-corrected chi connectivity index (χ0v) is 14.5. The molecule has 0 aliphatic heterocycles. The van der Waals surface area contributed by atoms with Crippen LogP contribution >= 0.6 is 0 Å². The van der Waals surface area contributed by atoms with Gasteiger partial charge in [0, 0.05) is 26.2 Å². The summed E-state index contributed by atoms with van der Waals surface area (Å²) in [6.45, 7) is 21.2. The van der Waals surface area contributed by atoms with Gasteiger partial charge in [-0.3, -0.25) is 0 Å². The molecule has 3 heteroatoms. The third-order valence-corrected chi connectivity index (χ3v) is 2.33. The molecule has 0 bridgehead atoms. The molecule has 0 saturated carbocycles. The van der Waals surface area contributed by atoms with Crippen LogP contribution in [0.15, 0.2) is 104 Å². The molecule has 0 spiro atoms. The second kappa shape index (κ2) is 10.9. The monoisotopic (exact) mass is 458 g/mol. The minimum atomic E-state index is -1.19. The Morgan fingerprint density at radius 1 is 0.857 bits per heavy atom. The molecule has 0 aliphatic rings. The number of hydrogen-bond donors (Lipinski definition) is 0. The van der Waals surface area contributed by atoms with E-state index in [0.717, 1.165) is 0 Å². The summed E-state index contributed by atoms with van der Waals surface area (Å²) in [7, 11) is 0. The van der Waals surface area contributed by atoms with E-state index in [0.29, 0.717) is 11.1 Å². The molecule has 0 aromatic rings. The number of allylic oxidation sites excluding steroid dienone is 12. The van der Waals surface area contributed by atoms with Crippen molar-refractivity contribution in [1.29, 1.82) is 0 Å². The van der Waals surface area contributed by atoms with Gasteiger partial charge in [0.05, 0.1) is 0 Å². The standard InChI is InChI=1S/C18H17F2.Re/c1-7-9-10-13(3)14(4)11-12-15(5)16(6)18(20)17(19)8-2;/h7,9-12H,1-6H2;/q-1;/b10-9-,12-11-,18-17-;. The molecule has 0 aliphatic carbocycles. The molecule has 0 aromatic heterocycles. The first kappa shape index (κ1) is 21.5. The van der Waals surface area contributed by atoms with E-state index < -0.39 is 11.7 Å². The first-order chi connectivity index (χ1) is 9.34. The van der Waals surface area contributed by atoms with E-state index in [-0.39, 0.29) is 31.6 Å². The molecule has 0 N–H and O–H groups in total. The fourth-order valence-electron chi connectivity index (χ4n) is 1.05. The van der Waals surface area contributed by atoms with Crippen LogP contribution in [0.2, 0.25) is 0 Å². The van der Waals surface area contributed by atoms with Crippen molar-refractivity contribution >= 4 is 0 Å². The summed E-state index contributed by atoms with van der Waals surface area (Å²) < 4.78 is 26.4. The van der Waals surface area contributed by atoms with Crippen molar-refractivity contribution in [2.24, 2.45) is 0 Å². The fraction of sp³-hybridized carbons (Fsp3) is 0. The molecule has 0 rings (SSSR count). The maximum atomic E-state index is 13.4. The van der Waals surface area contributed by atoms with Crippen LogP contribution < -0.4 is 0 Å². The summed E-state index contributed by atoms with van der Waals surface area (Å²) in [6, 6.07) is 0. The van der Waals surface area contributed by atoms with Crippen molar-refractivity contribution in [2.45, 2.75) is 0 Å². The summed E-state index contributed by atoms with van der Waals surface area (Å²) >= 11 is 0. The quantitative estimate of drug-likeness (QED) is 0.327. The van der Waals surface area contributed by atoms with Gasteiger partial charge in [0.25, 0.3) is 0 Å². The normalized spacial score (nSPS) is 11.5. The molecule has 0 fully saturated rings. The van der Waals surface area contributed by atoms with Crippen molar-refractivity contribution < 1.29 is 29.2 Å². The molecule has 0 saturated heterocycles. The molecule has 0 amide bonds. The first-order valence-electron chi connectivity index (χ1n) is 5.67.